The first-order chi connectivity index (χ1) is 21.2. The van der Waals surface area contributed by atoms with Crippen LogP contribution < -0.4 is 5.32 Å². The van der Waals surface area contributed by atoms with Crippen molar-refractivity contribution >= 4 is 5.91 Å². The average molecular weight is 582 g/mol. The van der Waals surface area contributed by atoms with Crippen molar-refractivity contribution in [3.8, 4) is 0 Å². The highest BCUT2D eigenvalue weighted by molar-refractivity contribution is 5.73. The fourth-order valence-electron chi connectivity index (χ4n) is 5.10. The number of carbonyl (C=O) groups is 1. The molecule has 1 N–H and O–H groups in total. The van der Waals surface area contributed by atoms with E-state index < -0.39 is 30.6 Å². The van der Waals surface area contributed by atoms with Crippen LogP contribution in [0.1, 0.15) is 35.5 Å². The Morgan fingerprint density at radius 1 is 0.744 bits per heavy atom. The van der Waals surface area contributed by atoms with Crippen molar-refractivity contribution in [1.29, 1.82) is 0 Å². The molecule has 4 aromatic carbocycles. The second kappa shape index (κ2) is 16.1. The molecule has 5 rings (SSSR count). The van der Waals surface area contributed by atoms with E-state index in [2.05, 4.69) is 5.32 Å². The number of hydrogen-bond donors (Lipinski definition) is 1. The van der Waals surface area contributed by atoms with E-state index in [0.717, 1.165) is 22.3 Å². The molecule has 224 valence electrons. The van der Waals surface area contributed by atoms with Gasteiger partial charge in [-0.2, -0.15) is 0 Å². The first-order valence-electron chi connectivity index (χ1n) is 14.7. The summed E-state index contributed by atoms with van der Waals surface area (Å²) in [6, 6.07) is 39.3. The summed E-state index contributed by atoms with van der Waals surface area (Å²) in [7, 11) is 0. The predicted octanol–water partition coefficient (Wildman–Crippen LogP) is 5.99. The van der Waals surface area contributed by atoms with Gasteiger partial charge in [0.25, 0.3) is 0 Å². The maximum absolute atomic E-state index is 12.3. The molecule has 0 bridgehead atoms. The molecule has 0 aromatic heterocycles. The minimum atomic E-state index is -0.626. The zero-order valence-electron chi connectivity index (χ0n) is 24.4. The Kier molecular flexibility index (Phi) is 11.5. The van der Waals surface area contributed by atoms with Crippen molar-refractivity contribution in [3.05, 3.63) is 144 Å². The van der Waals surface area contributed by atoms with Crippen molar-refractivity contribution in [1.82, 2.24) is 5.32 Å². The van der Waals surface area contributed by atoms with Gasteiger partial charge < -0.3 is 29.0 Å². The molecule has 43 heavy (non-hydrogen) atoms. The van der Waals surface area contributed by atoms with Gasteiger partial charge in [0.15, 0.2) is 6.29 Å². The van der Waals surface area contributed by atoms with E-state index in [-0.39, 0.29) is 19.1 Å². The average Bonchev–Trinajstić information content (AvgIpc) is 3.05. The van der Waals surface area contributed by atoms with Gasteiger partial charge in [-0.3, -0.25) is 4.79 Å². The molecule has 5 atom stereocenters. The highest BCUT2D eigenvalue weighted by Gasteiger charge is 2.43. The van der Waals surface area contributed by atoms with Gasteiger partial charge in [-0.1, -0.05) is 121 Å². The van der Waals surface area contributed by atoms with Crippen molar-refractivity contribution < 1.29 is 28.5 Å². The smallest absolute Gasteiger partial charge is 0.217 e. The molecule has 1 saturated heterocycles. The van der Waals surface area contributed by atoms with E-state index in [1.807, 2.05) is 121 Å². The molecule has 1 heterocycles. The van der Waals surface area contributed by atoms with Crippen LogP contribution in [-0.4, -0.2) is 43.5 Å². The van der Waals surface area contributed by atoms with Gasteiger partial charge in [-0.25, -0.2) is 0 Å². The lowest BCUT2D eigenvalue weighted by Crippen LogP contribution is -2.59. The summed E-state index contributed by atoms with van der Waals surface area (Å²) < 4.78 is 32.2. The molecule has 1 aliphatic rings. The molecular weight excluding hydrogens is 542 g/mol. The monoisotopic (exact) mass is 581 g/mol. The lowest BCUT2D eigenvalue weighted by atomic mass is 9.99. The van der Waals surface area contributed by atoms with E-state index >= 15 is 0 Å². The molecule has 7 nitrogen and oxygen atoms in total. The highest BCUT2D eigenvalue weighted by Crippen LogP contribution is 2.31. The van der Waals surface area contributed by atoms with Crippen molar-refractivity contribution in [2.45, 2.75) is 57.4 Å². The number of ether oxygens (including phenoxy) is 5. The second-order valence-electron chi connectivity index (χ2n) is 10.6. The van der Waals surface area contributed by atoms with Gasteiger partial charge in [0.1, 0.15) is 18.3 Å². The first kappa shape index (κ1) is 30.6. The number of nitrogens with one attached hydrogen (secondary N) is 1. The van der Waals surface area contributed by atoms with Crippen LogP contribution in [0.3, 0.4) is 0 Å². The van der Waals surface area contributed by atoms with E-state index in [1.165, 1.54) is 6.92 Å². The second-order valence-corrected chi connectivity index (χ2v) is 10.6. The minimum Gasteiger partial charge on any atom is -0.374 e. The van der Waals surface area contributed by atoms with Crippen LogP contribution in [0.2, 0.25) is 0 Å². The molecule has 4 aromatic rings. The van der Waals surface area contributed by atoms with Gasteiger partial charge in [-0.15, -0.1) is 0 Å². The number of amides is 1. The Labute approximate surface area is 253 Å². The van der Waals surface area contributed by atoms with Crippen LogP contribution in [-0.2, 0) is 48.3 Å². The summed E-state index contributed by atoms with van der Waals surface area (Å²) in [4.78, 5) is 12.3. The summed E-state index contributed by atoms with van der Waals surface area (Å²) in [5.74, 6) is -0.177. The third-order valence-corrected chi connectivity index (χ3v) is 7.24. The van der Waals surface area contributed by atoms with Crippen LogP contribution in [0, 0.1) is 0 Å². The van der Waals surface area contributed by atoms with Gasteiger partial charge in [0, 0.05) is 12.5 Å². The Morgan fingerprint density at radius 2 is 1.26 bits per heavy atom. The molecule has 0 saturated carbocycles. The van der Waals surface area contributed by atoms with E-state index in [9.17, 15) is 4.79 Å². The van der Waals surface area contributed by atoms with E-state index in [1.54, 1.807) is 0 Å². The van der Waals surface area contributed by atoms with E-state index in [4.69, 9.17) is 23.7 Å². The Hall–Kier alpha value is -3.85. The SMILES string of the molecule is CC(=O)N[C@@H]1COC(c2ccccc2)O[C@H]1[C@H](OCc1ccccc1)[C@@H](COCc1ccccc1)OCc1ccccc1. The molecule has 0 aliphatic carbocycles. The summed E-state index contributed by atoms with van der Waals surface area (Å²) in [6.07, 6.45) is -2.35. The van der Waals surface area contributed by atoms with Crippen LogP contribution in [0.15, 0.2) is 121 Å². The van der Waals surface area contributed by atoms with Gasteiger partial charge in [0.2, 0.25) is 5.91 Å². The van der Waals surface area contributed by atoms with Crippen molar-refractivity contribution in [2.75, 3.05) is 13.2 Å². The molecule has 1 amide bonds. The highest BCUT2D eigenvalue weighted by atomic mass is 16.7. The fraction of sp³-hybridized carbons (Fsp3) is 0.306. The molecule has 1 aliphatic heterocycles. The lowest BCUT2D eigenvalue weighted by molar-refractivity contribution is -0.271. The van der Waals surface area contributed by atoms with Crippen molar-refractivity contribution in [2.24, 2.45) is 0 Å². The summed E-state index contributed by atoms with van der Waals surface area (Å²) in [6.45, 7) is 3.12. The Balaban J connectivity index is 1.44. The molecular formula is C36H39NO6. The molecule has 0 radical (unpaired) electrons. The van der Waals surface area contributed by atoms with Gasteiger partial charge >= 0.3 is 0 Å². The van der Waals surface area contributed by atoms with Crippen LogP contribution in [0.4, 0.5) is 0 Å². The quantitative estimate of drug-likeness (QED) is 0.197. The van der Waals surface area contributed by atoms with Crippen LogP contribution in [0.25, 0.3) is 0 Å². The standard InChI is InChI=1S/C36H39NO6/c1-27(38)37-32-25-42-36(31-20-12-5-13-21-31)43-34(32)35(41-24-30-18-10-4-11-19-30)33(40-23-29-16-8-3-9-17-29)26-39-22-28-14-6-2-7-15-28/h2-21,32-36H,22-26H2,1H3,(H,37,38)/t32-,33-,34-,35-,36?/m1/s1. The van der Waals surface area contributed by atoms with Gasteiger partial charge in [0.05, 0.1) is 39.1 Å². The van der Waals surface area contributed by atoms with E-state index in [0.29, 0.717) is 19.8 Å². The van der Waals surface area contributed by atoms with Crippen molar-refractivity contribution in [3.63, 3.8) is 0 Å². The van der Waals surface area contributed by atoms with Gasteiger partial charge in [-0.05, 0) is 16.7 Å². The third-order valence-electron chi connectivity index (χ3n) is 7.24. The molecule has 1 unspecified atom stereocenters. The Morgan fingerprint density at radius 3 is 1.81 bits per heavy atom. The predicted molar refractivity (Wildman–Crippen MR) is 164 cm³/mol. The fourth-order valence-corrected chi connectivity index (χ4v) is 5.10. The lowest BCUT2D eigenvalue weighted by Gasteiger charge is -2.42. The number of hydrogen-bond acceptors (Lipinski definition) is 6. The zero-order chi connectivity index (χ0) is 29.7. The Bertz CT molecular complexity index is 1360. The maximum atomic E-state index is 12.3. The van der Waals surface area contributed by atoms with Crippen LogP contribution in [0.5, 0.6) is 0 Å². The zero-order valence-corrected chi connectivity index (χ0v) is 24.4. The molecule has 7 heteroatoms. The van der Waals surface area contributed by atoms with Crippen LogP contribution >= 0.6 is 0 Å². The molecule has 0 spiro atoms. The minimum absolute atomic E-state index is 0.177. The largest absolute Gasteiger partial charge is 0.374 e. The normalized spacial score (nSPS) is 19.8. The maximum Gasteiger partial charge on any atom is 0.217 e. The first-order valence-corrected chi connectivity index (χ1v) is 14.7. The third kappa shape index (κ3) is 9.32. The number of rotatable bonds is 14. The number of carbonyl (C=O) groups excluding carboxylic acids is 1. The summed E-state index contributed by atoms with van der Waals surface area (Å²) in [5.41, 5.74) is 4.00. The summed E-state index contributed by atoms with van der Waals surface area (Å²) in [5, 5.41) is 3.03. The topological polar surface area (TPSA) is 75.3 Å². The number of benzene rings is 4. The summed E-state index contributed by atoms with van der Waals surface area (Å²) >= 11 is 0. The molecule has 1 fully saturated rings.